The highest BCUT2D eigenvalue weighted by atomic mass is 16.2. The summed E-state index contributed by atoms with van der Waals surface area (Å²) < 4.78 is 1.79. The Morgan fingerprint density at radius 3 is 2.59 bits per heavy atom. The van der Waals surface area contributed by atoms with Crippen LogP contribution in [0.2, 0.25) is 0 Å². The summed E-state index contributed by atoms with van der Waals surface area (Å²) in [6, 6.07) is 14.7. The van der Waals surface area contributed by atoms with Gasteiger partial charge in [0.2, 0.25) is 5.91 Å². The van der Waals surface area contributed by atoms with Crippen LogP contribution in [0.5, 0.6) is 0 Å². The second-order valence-electron chi connectivity index (χ2n) is 8.88. The molecule has 5 rings (SSSR count). The second-order valence-corrected chi connectivity index (χ2v) is 8.88. The van der Waals surface area contributed by atoms with Crippen LogP contribution in [0, 0.1) is 0 Å². The molecular formula is C25H24N6O3. The van der Waals surface area contributed by atoms with Gasteiger partial charge < -0.3 is 10.6 Å². The van der Waals surface area contributed by atoms with E-state index in [9.17, 15) is 14.4 Å². The molecule has 0 unspecified atom stereocenters. The summed E-state index contributed by atoms with van der Waals surface area (Å²) in [4.78, 5) is 43.9. The molecule has 0 bridgehead atoms. The van der Waals surface area contributed by atoms with Gasteiger partial charge in [0, 0.05) is 11.4 Å². The van der Waals surface area contributed by atoms with Crippen molar-refractivity contribution in [2.75, 3.05) is 11.9 Å². The van der Waals surface area contributed by atoms with Crippen molar-refractivity contribution in [3.63, 3.8) is 0 Å². The Balaban J connectivity index is 1.33. The molecule has 9 nitrogen and oxygen atoms in total. The van der Waals surface area contributed by atoms with Gasteiger partial charge in [0.05, 0.1) is 18.1 Å². The zero-order valence-corrected chi connectivity index (χ0v) is 19.1. The van der Waals surface area contributed by atoms with E-state index in [1.165, 1.54) is 6.20 Å². The van der Waals surface area contributed by atoms with E-state index in [4.69, 9.17) is 0 Å². The van der Waals surface area contributed by atoms with Gasteiger partial charge in [-0.25, -0.2) is 14.5 Å². The van der Waals surface area contributed by atoms with Crippen molar-refractivity contribution in [1.82, 2.24) is 25.0 Å². The van der Waals surface area contributed by atoms with Crippen molar-refractivity contribution in [3.8, 4) is 0 Å². The van der Waals surface area contributed by atoms with Gasteiger partial charge in [-0.15, -0.1) is 0 Å². The molecule has 1 atom stereocenters. The number of carbonyl (C=O) groups is 3. The molecule has 3 heterocycles. The molecule has 172 valence electrons. The fraction of sp³-hybridized carbons (Fsp3) is 0.240. The first-order valence-corrected chi connectivity index (χ1v) is 11.0. The molecule has 4 aromatic rings. The molecule has 0 saturated carbocycles. The van der Waals surface area contributed by atoms with Gasteiger partial charge in [0.1, 0.15) is 12.1 Å². The van der Waals surface area contributed by atoms with Crippen LogP contribution in [0.3, 0.4) is 0 Å². The number of carbonyl (C=O) groups excluding carboxylic acids is 3. The molecule has 2 aromatic carbocycles. The molecule has 1 saturated heterocycles. The van der Waals surface area contributed by atoms with E-state index in [-0.39, 0.29) is 6.04 Å². The topological polar surface area (TPSA) is 109 Å². The second kappa shape index (κ2) is 7.95. The van der Waals surface area contributed by atoms with Crippen LogP contribution < -0.4 is 10.6 Å². The molecule has 2 N–H and O–H groups in total. The molecule has 0 aliphatic carbocycles. The first-order valence-electron chi connectivity index (χ1n) is 11.0. The van der Waals surface area contributed by atoms with Crippen LogP contribution in [0.25, 0.3) is 21.8 Å². The van der Waals surface area contributed by atoms with Gasteiger partial charge in [0.15, 0.2) is 5.65 Å². The van der Waals surface area contributed by atoms with Crippen LogP contribution in [0.4, 0.5) is 10.5 Å². The molecule has 1 aliphatic heterocycles. The lowest BCUT2D eigenvalue weighted by atomic mass is 9.90. The van der Waals surface area contributed by atoms with Gasteiger partial charge in [-0.05, 0) is 49.2 Å². The fourth-order valence-electron chi connectivity index (χ4n) is 4.27. The Labute approximate surface area is 195 Å². The predicted octanol–water partition coefficient (Wildman–Crippen LogP) is 3.57. The van der Waals surface area contributed by atoms with Crippen LogP contribution in [-0.4, -0.2) is 44.1 Å². The standard InChI is InChI=1S/C25H24N6O3/c1-15(2)31-22-18(12-27-31)11-20(13-26-22)28-21(32)14-30-23(33)25(3,29-24(30)34)19-9-8-16-6-4-5-7-17(16)10-19/h4-13,15H,14H2,1-3H3,(H,28,32)(H,29,34)/t25-/m1/s1. The van der Waals surface area contributed by atoms with Crippen molar-refractivity contribution in [3.05, 3.63) is 66.5 Å². The summed E-state index contributed by atoms with van der Waals surface area (Å²) in [7, 11) is 0. The zero-order chi connectivity index (χ0) is 24.0. The summed E-state index contributed by atoms with van der Waals surface area (Å²) in [6.07, 6.45) is 3.22. The Bertz CT molecular complexity index is 1460. The number of fused-ring (bicyclic) bond motifs is 2. The number of urea groups is 1. The number of nitrogens with zero attached hydrogens (tertiary/aromatic N) is 4. The Hall–Kier alpha value is -4.27. The Kier molecular flexibility index (Phi) is 5.04. The third-order valence-corrected chi connectivity index (χ3v) is 6.11. The Morgan fingerprint density at radius 2 is 1.82 bits per heavy atom. The Morgan fingerprint density at radius 1 is 1.06 bits per heavy atom. The molecule has 4 amide bonds. The average molecular weight is 457 g/mol. The number of hydrogen-bond acceptors (Lipinski definition) is 5. The largest absolute Gasteiger partial charge is 0.325 e. The fourth-order valence-corrected chi connectivity index (χ4v) is 4.27. The molecule has 1 fully saturated rings. The number of anilines is 1. The number of amides is 4. The summed E-state index contributed by atoms with van der Waals surface area (Å²) >= 11 is 0. The molecule has 34 heavy (non-hydrogen) atoms. The van der Waals surface area contributed by atoms with Crippen molar-refractivity contribution >= 4 is 45.3 Å². The molecule has 2 aromatic heterocycles. The van der Waals surface area contributed by atoms with Crippen LogP contribution in [0.15, 0.2) is 60.9 Å². The molecule has 9 heteroatoms. The van der Waals surface area contributed by atoms with Crippen LogP contribution in [0.1, 0.15) is 32.4 Å². The highest BCUT2D eigenvalue weighted by Gasteiger charge is 2.49. The average Bonchev–Trinajstić information content (AvgIpc) is 3.33. The monoisotopic (exact) mass is 456 g/mol. The normalized spacial score (nSPS) is 18.2. The molecule has 0 radical (unpaired) electrons. The third kappa shape index (κ3) is 3.55. The minimum atomic E-state index is -1.26. The minimum absolute atomic E-state index is 0.155. The summed E-state index contributed by atoms with van der Waals surface area (Å²) in [5, 5.41) is 12.6. The lowest BCUT2D eigenvalue weighted by Crippen LogP contribution is -2.42. The molecular weight excluding hydrogens is 432 g/mol. The van der Waals surface area contributed by atoms with Crippen molar-refractivity contribution in [2.24, 2.45) is 0 Å². The number of nitrogens with one attached hydrogen (secondary N) is 2. The van der Waals surface area contributed by atoms with Gasteiger partial charge >= 0.3 is 6.03 Å². The van der Waals surface area contributed by atoms with E-state index >= 15 is 0 Å². The van der Waals surface area contributed by atoms with Crippen molar-refractivity contribution < 1.29 is 14.4 Å². The molecule has 0 spiro atoms. The van der Waals surface area contributed by atoms with Gasteiger partial charge in [-0.3, -0.25) is 14.5 Å². The van der Waals surface area contributed by atoms with Gasteiger partial charge in [-0.2, -0.15) is 5.10 Å². The van der Waals surface area contributed by atoms with E-state index < -0.39 is 29.9 Å². The molecule has 1 aliphatic rings. The minimum Gasteiger partial charge on any atom is -0.323 e. The quantitative estimate of drug-likeness (QED) is 0.446. The maximum Gasteiger partial charge on any atom is 0.325 e. The number of imide groups is 1. The zero-order valence-electron chi connectivity index (χ0n) is 19.1. The van der Waals surface area contributed by atoms with E-state index in [0.717, 1.165) is 21.1 Å². The van der Waals surface area contributed by atoms with E-state index in [2.05, 4.69) is 20.7 Å². The van der Waals surface area contributed by atoms with Crippen LogP contribution >= 0.6 is 0 Å². The first kappa shape index (κ1) is 21.6. The number of benzene rings is 2. The lowest BCUT2D eigenvalue weighted by Gasteiger charge is -2.22. The SMILES string of the molecule is CC(C)n1ncc2cc(NC(=O)CN3C(=O)N[C@](C)(c4ccc5ccccc5c4)C3=O)cnc21. The van der Waals surface area contributed by atoms with Crippen LogP contribution in [-0.2, 0) is 15.1 Å². The first-order chi connectivity index (χ1) is 16.3. The number of hydrogen-bond donors (Lipinski definition) is 2. The highest BCUT2D eigenvalue weighted by molar-refractivity contribution is 6.10. The maximum absolute atomic E-state index is 13.2. The highest BCUT2D eigenvalue weighted by Crippen LogP contribution is 2.31. The maximum atomic E-state index is 13.2. The van der Waals surface area contributed by atoms with Crippen molar-refractivity contribution in [1.29, 1.82) is 0 Å². The van der Waals surface area contributed by atoms with Gasteiger partial charge in [-0.1, -0.05) is 36.4 Å². The summed E-state index contributed by atoms with van der Waals surface area (Å²) in [6.45, 7) is 5.26. The summed E-state index contributed by atoms with van der Waals surface area (Å²) in [5.41, 5.74) is 0.579. The number of pyridine rings is 1. The van der Waals surface area contributed by atoms with Gasteiger partial charge in [0.25, 0.3) is 5.91 Å². The van der Waals surface area contributed by atoms with E-state index in [1.54, 1.807) is 23.9 Å². The van der Waals surface area contributed by atoms with E-state index in [1.807, 2.05) is 56.3 Å². The number of rotatable bonds is 5. The smallest absolute Gasteiger partial charge is 0.323 e. The summed E-state index contributed by atoms with van der Waals surface area (Å²) in [5.74, 6) is -0.974. The van der Waals surface area contributed by atoms with Crippen molar-refractivity contribution in [2.45, 2.75) is 32.4 Å². The third-order valence-electron chi connectivity index (χ3n) is 6.11. The number of aromatic nitrogens is 3. The van der Waals surface area contributed by atoms with E-state index in [0.29, 0.717) is 16.9 Å². The lowest BCUT2D eigenvalue weighted by molar-refractivity contribution is -0.133. The predicted molar refractivity (Wildman–Crippen MR) is 128 cm³/mol.